The highest BCUT2D eigenvalue weighted by Gasteiger charge is 2.14. The number of carbonyl (C=O) groups is 1. The zero-order valence-corrected chi connectivity index (χ0v) is 21.6. The van der Waals surface area contributed by atoms with Crippen LogP contribution in [0.5, 0.6) is 0 Å². The quantitative estimate of drug-likeness (QED) is 0.290. The van der Waals surface area contributed by atoms with Gasteiger partial charge in [0.05, 0.1) is 27.2 Å². The van der Waals surface area contributed by atoms with Gasteiger partial charge in [-0.3, -0.25) is 4.79 Å². The zero-order valence-electron chi connectivity index (χ0n) is 20.9. The van der Waals surface area contributed by atoms with Gasteiger partial charge in [-0.2, -0.15) is 0 Å². The molecule has 0 radical (unpaired) electrons. The van der Waals surface area contributed by atoms with E-state index < -0.39 is 0 Å². The van der Waals surface area contributed by atoms with Crippen LogP contribution in [0.4, 0.5) is 5.69 Å². The Morgan fingerprint density at radius 2 is 1.29 bits per heavy atom. The second-order valence-corrected chi connectivity index (χ2v) is 9.62. The first-order valence-corrected chi connectivity index (χ1v) is 12.2. The highest BCUT2D eigenvalue weighted by atomic mass is 35.5. The lowest BCUT2D eigenvalue weighted by atomic mass is 10.1. The molecule has 1 aromatic carbocycles. The van der Waals surface area contributed by atoms with E-state index in [-0.39, 0.29) is 18.3 Å². The van der Waals surface area contributed by atoms with Gasteiger partial charge in [0.2, 0.25) is 0 Å². The lowest BCUT2D eigenvalue weighted by Gasteiger charge is -2.30. The van der Waals surface area contributed by atoms with Gasteiger partial charge in [0.1, 0.15) is 0 Å². The average Bonchev–Trinajstić information content (AvgIpc) is 2.72. The molecular weight excluding hydrogens is 406 g/mol. The maximum atomic E-state index is 12.3. The molecule has 0 saturated carbocycles. The summed E-state index contributed by atoms with van der Waals surface area (Å²) in [4.78, 5) is 14.3. The average molecular weight is 454 g/mol. The van der Waals surface area contributed by atoms with Crippen LogP contribution in [0, 0.1) is 0 Å². The molecule has 0 aliphatic carbocycles. The van der Waals surface area contributed by atoms with E-state index in [1.54, 1.807) is 0 Å². The third-order valence-corrected chi connectivity index (χ3v) is 5.99. The molecule has 0 bridgehead atoms. The third kappa shape index (κ3) is 14.4. The van der Waals surface area contributed by atoms with Gasteiger partial charge in [-0.05, 0) is 37.1 Å². The maximum Gasteiger partial charge on any atom is 0.251 e. The lowest BCUT2D eigenvalue weighted by Crippen LogP contribution is -3.00. The van der Waals surface area contributed by atoms with Gasteiger partial charge in [0.15, 0.2) is 0 Å². The predicted octanol–water partition coefficient (Wildman–Crippen LogP) is 2.87. The number of quaternary nitrogens is 1. The second-order valence-electron chi connectivity index (χ2n) is 9.62. The molecule has 0 fully saturated rings. The summed E-state index contributed by atoms with van der Waals surface area (Å²) in [5.41, 5.74) is 1.84. The Morgan fingerprint density at radius 1 is 0.806 bits per heavy atom. The molecule has 0 saturated heterocycles. The van der Waals surface area contributed by atoms with Gasteiger partial charge in [-0.25, -0.2) is 0 Å². The van der Waals surface area contributed by atoms with Gasteiger partial charge in [0, 0.05) is 38.3 Å². The second kappa shape index (κ2) is 17.3. The van der Waals surface area contributed by atoms with Gasteiger partial charge in [0.25, 0.3) is 5.91 Å². The monoisotopic (exact) mass is 453 g/mol. The zero-order chi connectivity index (χ0) is 22.2. The molecule has 0 atom stereocenters. The van der Waals surface area contributed by atoms with Gasteiger partial charge in [-0.1, -0.05) is 58.3 Å². The minimum absolute atomic E-state index is 0. The number of anilines is 1. The Bertz CT molecular complexity index is 573. The molecule has 1 aromatic rings. The number of rotatable bonds is 17. The van der Waals surface area contributed by atoms with Crippen LogP contribution in [0.25, 0.3) is 0 Å². The molecule has 0 unspecified atom stereocenters. The molecule has 0 spiro atoms. The molecule has 4 nitrogen and oxygen atoms in total. The minimum atomic E-state index is 0. The molecule has 5 heteroatoms. The fourth-order valence-corrected chi connectivity index (χ4v) is 3.86. The molecule has 0 aliphatic rings. The van der Waals surface area contributed by atoms with E-state index in [1.807, 2.05) is 43.3 Å². The van der Waals surface area contributed by atoms with E-state index >= 15 is 0 Å². The summed E-state index contributed by atoms with van der Waals surface area (Å²) in [6.07, 6.45) is 14.9. The Balaban J connectivity index is 0.00000900. The van der Waals surface area contributed by atoms with Crippen LogP contribution in [-0.2, 0) is 0 Å². The Labute approximate surface area is 198 Å². The Hall–Kier alpha value is -1.26. The molecule has 31 heavy (non-hydrogen) atoms. The number of benzene rings is 1. The molecule has 0 aliphatic heterocycles. The van der Waals surface area contributed by atoms with E-state index in [9.17, 15) is 4.79 Å². The largest absolute Gasteiger partial charge is 1.00 e. The molecule has 0 aromatic heterocycles. The van der Waals surface area contributed by atoms with Crippen LogP contribution in [0.2, 0.25) is 0 Å². The summed E-state index contributed by atoms with van der Waals surface area (Å²) in [7, 11) is 8.64. The summed E-state index contributed by atoms with van der Waals surface area (Å²) in [5, 5.41) is 3.07. The van der Waals surface area contributed by atoms with Crippen LogP contribution < -0.4 is 22.6 Å². The van der Waals surface area contributed by atoms with Crippen molar-refractivity contribution in [1.82, 2.24) is 5.32 Å². The number of nitrogens with zero attached hydrogens (tertiary/aromatic N) is 2. The fourth-order valence-electron chi connectivity index (χ4n) is 3.86. The smallest absolute Gasteiger partial charge is 0.251 e. The number of carbonyl (C=O) groups excluding carboxylic acids is 1. The van der Waals surface area contributed by atoms with Crippen molar-refractivity contribution in [2.75, 3.05) is 52.7 Å². The Kier molecular flexibility index (Phi) is 16.6. The summed E-state index contributed by atoms with van der Waals surface area (Å²) >= 11 is 0. The predicted molar refractivity (Wildman–Crippen MR) is 131 cm³/mol. The first-order chi connectivity index (χ1) is 14.4. The van der Waals surface area contributed by atoms with Gasteiger partial charge in [-0.15, -0.1) is 0 Å². The number of amides is 1. The number of nitrogens with one attached hydrogen (secondary N) is 1. The van der Waals surface area contributed by atoms with Crippen molar-refractivity contribution in [2.45, 2.75) is 77.6 Å². The van der Waals surface area contributed by atoms with Crippen LogP contribution in [0.3, 0.4) is 0 Å². The summed E-state index contributed by atoms with van der Waals surface area (Å²) < 4.78 is 1.05. The third-order valence-electron chi connectivity index (χ3n) is 5.99. The van der Waals surface area contributed by atoms with Crippen molar-refractivity contribution >= 4 is 11.6 Å². The SMILES string of the molecule is CCCCCCCCCCCC[N+](C)(C)CCCNC(=O)c1ccc(N(C)C)cc1.[Cl-]. The highest BCUT2D eigenvalue weighted by Crippen LogP contribution is 2.13. The van der Waals surface area contributed by atoms with E-state index in [2.05, 4.69) is 26.3 Å². The molecule has 180 valence electrons. The topological polar surface area (TPSA) is 32.3 Å². The van der Waals surface area contributed by atoms with E-state index in [4.69, 9.17) is 0 Å². The number of halogens is 1. The molecule has 0 heterocycles. The van der Waals surface area contributed by atoms with Crippen LogP contribution in [0.1, 0.15) is 87.9 Å². The molecule has 1 rings (SSSR count). The minimum Gasteiger partial charge on any atom is -1.00 e. The Morgan fingerprint density at radius 3 is 1.81 bits per heavy atom. The summed E-state index contributed by atoms with van der Waals surface area (Å²) in [6.45, 7) is 5.36. The summed E-state index contributed by atoms with van der Waals surface area (Å²) in [6, 6.07) is 7.77. The summed E-state index contributed by atoms with van der Waals surface area (Å²) in [5.74, 6) is 0.0281. The maximum absolute atomic E-state index is 12.3. The van der Waals surface area contributed by atoms with E-state index in [0.29, 0.717) is 0 Å². The molecular formula is C26H48ClN3O. The fraction of sp³-hybridized carbons (Fsp3) is 0.731. The van der Waals surface area contributed by atoms with Crippen molar-refractivity contribution in [3.05, 3.63) is 29.8 Å². The van der Waals surface area contributed by atoms with Crippen LogP contribution >= 0.6 is 0 Å². The van der Waals surface area contributed by atoms with Crippen molar-refractivity contribution in [3.63, 3.8) is 0 Å². The standard InChI is InChI=1S/C26H47N3O.ClH/c1-6-7-8-9-10-11-12-13-14-15-22-29(4,5)23-16-21-27-26(30)24-17-19-25(20-18-24)28(2)3;/h17-20H,6-16,21-23H2,1-5H3;1H. The van der Waals surface area contributed by atoms with Crippen LogP contribution in [-0.4, -0.2) is 58.2 Å². The number of unbranched alkanes of at least 4 members (excludes halogenated alkanes) is 9. The van der Waals surface area contributed by atoms with Crippen molar-refractivity contribution in [1.29, 1.82) is 0 Å². The molecule has 1 amide bonds. The van der Waals surface area contributed by atoms with E-state index in [0.717, 1.165) is 35.2 Å². The number of hydrogen-bond donors (Lipinski definition) is 1. The van der Waals surface area contributed by atoms with Crippen molar-refractivity contribution < 1.29 is 21.7 Å². The molecule has 1 N–H and O–H groups in total. The first-order valence-electron chi connectivity index (χ1n) is 12.2. The first kappa shape index (κ1) is 29.7. The normalized spacial score (nSPS) is 11.1. The van der Waals surface area contributed by atoms with Gasteiger partial charge >= 0.3 is 0 Å². The lowest BCUT2D eigenvalue weighted by molar-refractivity contribution is -0.890. The highest BCUT2D eigenvalue weighted by molar-refractivity contribution is 5.94. The number of hydrogen-bond acceptors (Lipinski definition) is 2. The van der Waals surface area contributed by atoms with Crippen molar-refractivity contribution in [3.8, 4) is 0 Å². The van der Waals surface area contributed by atoms with Crippen molar-refractivity contribution in [2.24, 2.45) is 0 Å². The van der Waals surface area contributed by atoms with Crippen LogP contribution in [0.15, 0.2) is 24.3 Å². The van der Waals surface area contributed by atoms with E-state index in [1.165, 1.54) is 70.8 Å². The van der Waals surface area contributed by atoms with Gasteiger partial charge < -0.3 is 27.1 Å².